The zero-order valence-corrected chi connectivity index (χ0v) is 11.8. The zero-order valence-electron chi connectivity index (χ0n) is 11.0. The molecule has 0 unspecified atom stereocenters. The lowest BCUT2D eigenvalue weighted by molar-refractivity contribution is -0.384. The van der Waals surface area contributed by atoms with Crippen LogP contribution in [0, 0.1) is 17.0 Å². The topological polar surface area (TPSA) is 101 Å². The number of sulfonamides is 1. The van der Waals surface area contributed by atoms with Gasteiger partial charge in [0.2, 0.25) is 0 Å². The molecule has 0 spiro atoms. The highest BCUT2D eigenvalue weighted by atomic mass is 32.2. The number of hydrogen-bond donors (Lipinski definition) is 1. The second kappa shape index (κ2) is 5.51. The van der Waals surface area contributed by atoms with Gasteiger partial charge in [0.15, 0.2) is 0 Å². The van der Waals surface area contributed by atoms with Gasteiger partial charge in [0.25, 0.3) is 15.7 Å². The van der Waals surface area contributed by atoms with Gasteiger partial charge in [-0.1, -0.05) is 17.7 Å². The van der Waals surface area contributed by atoms with Crippen LogP contribution >= 0.6 is 0 Å². The molecule has 0 aliphatic heterocycles. The van der Waals surface area contributed by atoms with Crippen molar-refractivity contribution in [3.05, 3.63) is 64.2 Å². The highest BCUT2D eigenvalue weighted by Crippen LogP contribution is 2.24. The van der Waals surface area contributed by atoms with Crippen LogP contribution in [-0.2, 0) is 10.0 Å². The van der Waals surface area contributed by atoms with E-state index in [1.807, 2.05) is 6.92 Å². The van der Waals surface area contributed by atoms with E-state index in [2.05, 4.69) is 0 Å². The van der Waals surface area contributed by atoms with E-state index >= 15 is 0 Å². The fraction of sp³-hybridized carbons (Fsp3) is 0.0769. The first-order chi connectivity index (χ1) is 9.82. The molecule has 110 valence electrons. The molecule has 0 radical (unpaired) electrons. The molecular weight excluding hydrogens is 296 g/mol. The maximum atomic E-state index is 12.2. The predicted octanol–water partition coefficient (Wildman–Crippen LogP) is 2.49. The van der Waals surface area contributed by atoms with Crippen molar-refractivity contribution >= 4 is 21.4 Å². The Morgan fingerprint density at radius 2 is 1.57 bits per heavy atom. The molecule has 0 aliphatic rings. The molecule has 2 aromatic rings. The van der Waals surface area contributed by atoms with Gasteiger partial charge < -0.3 is 0 Å². The van der Waals surface area contributed by atoms with Gasteiger partial charge in [0, 0.05) is 12.1 Å². The molecule has 2 rings (SSSR count). The Hall–Kier alpha value is -2.45. The summed E-state index contributed by atoms with van der Waals surface area (Å²) in [6.07, 6.45) is 0. The molecule has 2 aromatic carbocycles. The minimum absolute atomic E-state index is 0.0750. The second-order valence-electron chi connectivity index (χ2n) is 4.33. The third-order valence-corrected chi connectivity index (χ3v) is 4.36. The van der Waals surface area contributed by atoms with Crippen LogP contribution in [0.25, 0.3) is 0 Å². The van der Waals surface area contributed by atoms with Gasteiger partial charge in [-0.3, -0.25) is 15.3 Å². The molecule has 0 aliphatic carbocycles. The van der Waals surface area contributed by atoms with E-state index in [1.54, 1.807) is 12.1 Å². The van der Waals surface area contributed by atoms with E-state index in [-0.39, 0.29) is 20.7 Å². The number of nitro groups is 1. The van der Waals surface area contributed by atoms with Crippen LogP contribution in [0.2, 0.25) is 0 Å². The summed E-state index contributed by atoms with van der Waals surface area (Å²) in [7, 11) is -4.12. The maximum Gasteiger partial charge on any atom is 0.286 e. The van der Waals surface area contributed by atoms with Crippen molar-refractivity contribution in [1.29, 1.82) is 0 Å². The predicted molar refractivity (Wildman–Crippen MR) is 75.7 cm³/mol. The number of hydrogen-bond acceptors (Lipinski definition) is 5. The lowest BCUT2D eigenvalue weighted by atomic mass is 10.2. The number of aryl methyl sites for hydroxylation is 1. The molecule has 1 N–H and O–H groups in total. The Labute approximate surface area is 121 Å². The summed E-state index contributed by atoms with van der Waals surface area (Å²) in [5.41, 5.74) is 0.606. The second-order valence-corrected chi connectivity index (χ2v) is 6.10. The zero-order chi connectivity index (χ0) is 15.6. The first-order valence-corrected chi connectivity index (χ1v) is 7.32. The van der Waals surface area contributed by atoms with Gasteiger partial charge in [-0.05, 0) is 31.2 Å². The first kappa shape index (κ1) is 14.9. The summed E-state index contributed by atoms with van der Waals surface area (Å²) in [6.45, 7) is 1.81. The lowest BCUT2D eigenvalue weighted by Gasteiger charge is -2.16. The van der Waals surface area contributed by atoms with Gasteiger partial charge in [0.1, 0.15) is 0 Å². The van der Waals surface area contributed by atoms with Crippen molar-refractivity contribution in [1.82, 2.24) is 0 Å². The number of nitrogens with zero attached hydrogens (tertiary/aromatic N) is 2. The molecule has 0 fully saturated rings. The third kappa shape index (κ3) is 3.01. The summed E-state index contributed by atoms with van der Waals surface area (Å²) in [6, 6.07) is 10.5. The van der Waals surface area contributed by atoms with Gasteiger partial charge >= 0.3 is 0 Å². The van der Waals surface area contributed by atoms with Crippen molar-refractivity contribution in [3.8, 4) is 0 Å². The SMILES string of the molecule is Cc1ccc(S(=O)(=O)N(O)c2ccc([N+](=O)[O-])cc2)cc1. The summed E-state index contributed by atoms with van der Waals surface area (Å²) in [4.78, 5) is 9.86. The normalized spacial score (nSPS) is 11.1. The van der Waals surface area contributed by atoms with E-state index in [0.717, 1.165) is 29.8 Å². The number of nitro benzene ring substituents is 1. The quantitative estimate of drug-likeness (QED) is 0.690. The summed E-state index contributed by atoms with van der Waals surface area (Å²) in [5, 5.41) is 20.4. The van der Waals surface area contributed by atoms with Gasteiger partial charge in [-0.15, -0.1) is 4.47 Å². The van der Waals surface area contributed by atoms with Gasteiger partial charge in [-0.25, -0.2) is 0 Å². The van der Waals surface area contributed by atoms with Crippen molar-refractivity contribution in [2.75, 3.05) is 4.47 Å². The third-order valence-electron chi connectivity index (χ3n) is 2.83. The smallest absolute Gasteiger partial charge is 0.274 e. The molecule has 0 amide bonds. The van der Waals surface area contributed by atoms with Crippen LogP contribution in [0.1, 0.15) is 5.56 Å². The molecule has 21 heavy (non-hydrogen) atoms. The Balaban J connectivity index is 2.35. The molecule has 0 aromatic heterocycles. The molecule has 8 heteroatoms. The van der Waals surface area contributed by atoms with Crippen LogP contribution in [0.15, 0.2) is 53.4 Å². The lowest BCUT2D eigenvalue weighted by Crippen LogP contribution is -2.27. The molecule has 0 atom stereocenters. The Bertz CT molecular complexity index is 754. The van der Waals surface area contributed by atoms with Gasteiger partial charge in [0.05, 0.1) is 15.5 Å². The average molecular weight is 308 g/mol. The highest BCUT2D eigenvalue weighted by Gasteiger charge is 2.23. The van der Waals surface area contributed by atoms with Crippen molar-refractivity contribution < 1.29 is 18.5 Å². The number of anilines is 1. The Morgan fingerprint density at radius 3 is 2.05 bits per heavy atom. The van der Waals surface area contributed by atoms with E-state index in [9.17, 15) is 23.7 Å². The molecule has 0 saturated heterocycles. The van der Waals surface area contributed by atoms with Crippen LogP contribution in [0.3, 0.4) is 0 Å². The largest absolute Gasteiger partial charge is 0.286 e. The standard InChI is InChI=1S/C13H12N2O5S/c1-10-2-8-13(9-3-10)21(19,20)15(18)12-6-4-11(5-7-12)14(16)17/h2-9,18H,1H3. The monoisotopic (exact) mass is 308 g/mol. The number of rotatable bonds is 4. The van der Waals surface area contributed by atoms with E-state index < -0.39 is 14.9 Å². The minimum atomic E-state index is -4.12. The van der Waals surface area contributed by atoms with Crippen LogP contribution in [-0.4, -0.2) is 18.5 Å². The summed E-state index contributed by atoms with van der Waals surface area (Å²) >= 11 is 0. The van der Waals surface area contributed by atoms with Crippen LogP contribution < -0.4 is 4.47 Å². The highest BCUT2D eigenvalue weighted by molar-refractivity contribution is 7.92. The molecule has 7 nitrogen and oxygen atoms in total. The minimum Gasteiger partial charge on any atom is -0.274 e. The fourth-order valence-corrected chi connectivity index (χ4v) is 2.73. The average Bonchev–Trinajstić information content (AvgIpc) is 2.47. The van der Waals surface area contributed by atoms with E-state index in [1.165, 1.54) is 12.1 Å². The first-order valence-electron chi connectivity index (χ1n) is 5.88. The van der Waals surface area contributed by atoms with Gasteiger partial charge in [-0.2, -0.15) is 8.42 Å². The van der Waals surface area contributed by atoms with Crippen molar-refractivity contribution in [2.45, 2.75) is 11.8 Å². The van der Waals surface area contributed by atoms with Crippen LogP contribution in [0.4, 0.5) is 11.4 Å². The van der Waals surface area contributed by atoms with E-state index in [0.29, 0.717) is 0 Å². The van der Waals surface area contributed by atoms with Crippen molar-refractivity contribution in [2.24, 2.45) is 0 Å². The fourth-order valence-electron chi connectivity index (χ4n) is 1.65. The number of non-ortho nitro benzene ring substituents is 1. The summed E-state index contributed by atoms with van der Waals surface area (Å²) in [5.74, 6) is 0. The van der Waals surface area contributed by atoms with Crippen LogP contribution in [0.5, 0.6) is 0 Å². The Kier molecular flexibility index (Phi) is 3.92. The maximum absolute atomic E-state index is 12.2. The molecular formula is C13H12N2O5S. The molecule has 0 saturated carbocycles. The van der Waals surface area contributed by atoms with Crippen molar-refractivity contribution in [3.63, 3.8) is 0 Å². The molecule has 0 heterocycles. The summed E-state index contributed by atoms with van der Waals surface area (Å²) < 4.78 is 24.5. The molecule has 0 bridgehead atoms. The Morgan fingerprint density at radius 1 is 1.05 bits per heavy atom. The number of benzene rings is 2. The van der Waals surface area contributed by atoms with E-state index in [4.69, 9.17) is 0 Å².